The summed E-state index contributed by atoms with van der Waals surface area (Å²) < 4.78 is 1.08. The van der Waals surface area contributed by atoms with Crippen molar-refractivity contribution in [3.8, 4) is 0 Å². The molecule has 0 bridgehead atoms. The lowest BCUT2D eigenvalue weighted by Gasteiger charge is -2.08. The molecule has 0 atom stereocenters. The monoisotopic (exact) mass is 375 g/mol. The van der Waals surface area contributed by atoms with Crippen LogP contribution < -0.4 is 10.6 Å². The number of anilines is 3. The number of aromatic nitrogens is 3. The lowest BCUT2D eigenvalue weighted by Crippen LogP contribution is -2.06. The van der Waals surface area contributed by atoms with Crippen molar-refractivity contribution in [3.05, 3.63) is 33.1 Å². The lowest BCUT2D eigenvalue weighted by atomic mass is 10.3. The Morgan fingerprint density at radius 2 is 1.89 bits per heavy atom. The van der Waals surface area contributed by atoms with Crippen molar-refractivity contribution in [2.75, 3.05) is 17.2 Å². The van der Waals surface area contributed by atoms with Gasteiger partial charge in [-0.2, -0.15) is 15.0 Å². The van der Waals surface area contributed by atoms with E-state index >= 15 is 0 Å². The summed E-state index contributed by atoms with van der Waals surface area (Å²) in [5.74, 6) is 0.890. The van der Waals surface area contributed by atoms with Gasteiger partial charge in [0.15, 0.2) is 0 Å². The molecule has 1 aromatic heterocycles. The molecule has 0 saturated heterocycles. The second-order valence-electron chi connectivity index (χ2n) is 3.39. The van der Waals surface area contributed by atoms with E-state index in [-0.39, 0.29) is 5.28 Å². The van der Waals surface area contributed by atoms with E-state index in [0.29, 0.717) is 11.9 Å². The molecule has 0 aliphatic rings. The van der Waals surface area contributed by atoms with Crippen molar-refractivity contribution in [2.24, 2.45) is 0 Å². The Morgan fingerprint density at radius 1 is 1.17 bits per heavy atom. The second kappa shape index (κ2) is 6.14. The summed E-state index contributed by atoms with van der Waals surface area (Å²) in [7, 11) is 0. The zero-order chi connectivity index (χ0) is 13.0. The van der Waals surface area contributed by atoms with Crippen LogP contribution in [0, 0.1) is 3.57 Å². The maximum absolute atomic E-state index is 5.85. The van der Waals surface area contributed by atoms with E-state index in [1.165, 1.54) is 0 Å². The molecule has 2 rings (SSSR count). The van der Waals surface area contributed by atoms with E-state index in [4.69, 9.17) is 11.6 Å². The third-order valence-corrected chi connectivity index (χ3v) is 3.17. The van der Waals surface area contributed by atoms with Crippen molar-refractivity contribution in [3.63, 3.8) is 0 Å². The zero-order valence-corrected chi connectivity index (χ0v) is 12.5. The maximum Gasteiger partial charge on any atom is 0.233 e. The lowest BCUT2D eigenvalue weighted by molar-refractivity contribution is 1.02. The number of para-hydroxylation sites is 1. The van der Waals surface area contributed by atoms with Crippen LogP contribution in [0.15, 0.2) is 24.3 Å². The highest BCUT2D eigenvalue weighted by molar-refractivity contribution is 14.1. The average molecular weight is 376 g/mol. The molecule has 2 aromatic rings. The Bertz CT molecular complexity index is 549. The fraction of sp³-hybridized carbons (Fsp3) is 0.182. The van der Waals surface area contributed by atoms with Crippen LogP contribution in [-0.2, 0) is 0 Å². The summed E-state index contributed by atoms with van der Waals surface area (Å²) in [6, 6.07) is 7.86. The van der Waals surface area contributed by atoms with E-state index in [1.54, 1.807) is 0 Å². The molecule has 2 N–H and O–H groups in total. The van der Waals surface area contributed by atoms with Gasteiger partial charge >= 0.3 is 0 Å². The predicted molar refractivity (Wildman–Crippen MR) is 81.4 cm³/mol. The van der Waals surface area contributed by atoms with Gasteiger partial charge < -0.3 is 10.6 Å². The van der Waals surface area contributed by atoms with E-state index in [9.17, 15) is 0 Å². The normalized spacial score (nSPS) is 10.2. The van der Waals surface area contributed by atoms with E-state index < -0.39 is 0 Å². The molecule has 0 aliphatic carbocycles. The number of nitrogens with zero attached hydrogens (tertiary/aromatic N) is 3. The van der Waals surface area contributed by atoms with Gasteiger partial charge in [-0.05, 0) is 53.2 Å². The first-order chi connectivity index (χ1) is 8.69. The number of halogens is 2. The molecule has 7 heteroatoms. The molecule has 0 saturated carbocycles. The summed E-state index contributed by atoms with van der Waals surface area (Å²) in [6.45, 7) is 2.69. The smallest absolute Gasteiger partial charge is 0.233 e. The maximum atomic E-state index is 5.85. The Morgan fingerprint density at radius 3 is 2.61 bits per heavy atom. The third kappa shape index (κ3) is 3.42. The van der Waals surface area contributed by atoms with Crippen LogP contribution in [0.25, 0.3) is 0 Å². The first-order valence-electron chi connectivity index (χ1n) is 5.36. The van der Waals surface area contributed by atoms with Crippen LogP contribution in [0.4, 0.5) is 17.6 Å². The number of hydrogen-bond donors (Lipinski definition) is 2. The van der Waals surface area contributed by atoms with Gasteiger partial charge in [-0.25, -0.2) is 0 Å². The molecule has 0 spiro atoms. The van der Waals surface area contributed by atoms with E-state index in [0.717, 1.165) is 15.8 Å². The Hall–Kier alpha value is -1.15. The van der Waals surface area contributed by atoms with Crippen molar-refractivity contribution >= 4 is 51.8 Å². The molecule has 0 amide bonds. The molecule has 94 valence electrons. The first kappa shape index (κ1) is 13.3. The second-order valence-corrected chi connectivity index (χ2v) is 4.89. The molecule has 1 heterocycles. The van der Waals surface area contributed by atoms with E-state index in [1.807, 2.05) is 31.2 Å². The minimum absolute atomic E-state index is 0.161. The average Bonchev–Trinajstić information content (AvgIpc) is 2.32. The van der Waals surface area contributed by atoms with Gasteiger partial charge in [-0.3, -0.25) is 0 Å². The van der Waals surface area contributed by atoms with Crippen LogP contribution >= 0.6 is 34.2 Å². The van der Waals surface area contributed by atoms with Gasteiger partial charge in [0.05, 0.1) is 5.69 Å². The number of benzene rings is 1. The molecule has 1 aromatic carbocycles. The molecule has 0 fully saturated rings. The Kier molecular flexibility index (Phi) is 4.54. The summed E-state index contributed by atoms with van der Waals surface area (Å²) in [5.41, 5.74) is 0.933. The zero-order valence-electron chi connectivity index (χ0n) is 9.61. The highest BCUT2D eigenvalue weighted by Crippen LogP contribution is 2.21. The van der Waals surface area contributed by atoms with Crippen LogP contribution in [0.2, 0.25) is 5.28 Å². The fourth-order valence-electron chi connectivity index (χ4n) is 1.33. The molecule has 0 aliphatic heterocycles. The van der Waals surface area contributed by atoms with Crippen molar-refractivity contribution in [1.82, 2.24) is 15.0 Å². The minimum atomic E-state index is 0.161. The largest absolute Gasteiger partial charge is 0.354 e. The number of hydrogen-bond acceptors (Lipinski definition) is 5. The highest BCUT2D eigenvalue weighted by atomic mass is 127. The summed E-state index contributed by atoms with van der Waals surface area (Å²) in [4.78, 5) is 12.2. The van der Waals surface area contributed by atoms with Gasteiger partial charge in [0, 0.05) is 10.1 Å². The molecule has 0 radical (unpaired) electrons. The Balaban J connectivity index is 2.26. The molecule has 18 heavy (non-hydrogen) atoms. The predicted octanol–water partition coefficient (Wildman–Crippen LogP) is 3.31. The van der Waals surface area contributed by atoms with Gasteiger partial charge in [0.2, 0.25) is 17.2 Å². The Labute approximate surface area is 124 Å². The minimum Gasteiger partial charge on any atom is -0.354 e. The van der Waals surface area contributed by atoms with Crippen molar-refractivity contribution < 1.29 is 0 Å². The quantitative estimate of drug-likeness (QED) is 0.803. The van der Waals surface area contributed by atoms with Crippen LogP contribution in [0.3, 0.4) is 0 Å². The first-order valence-corrected chi connectivity index (χ1v) is 6.81. The van der Waals surface area contributed by atoms with Crippen LogP contribution in [-0.4, -0.2) is 21.5 Å². The molecular formula is C11H11ClIN5. The molecule has 5 nitrogen and oxygen atoms in total. The van der Waals surface area contributed by atoms with Gasteiger partial charge in [0.25, 0.3) is 0 Å². The van der Waals surface area contributed by atoms with E-state index in [2.05, 4.69) is 48.2 Å². The summed E-state index contributed by atoms with van der Waals surface area (Å²) in [5, 5.41) is 6.28. The topological polar surface area (TPSA) is 62.7 Å². The van der Waals surface area contributed by atoms with Crippen LogP contribution in [0.1, 0.15) is 6.92 Å². The van der Waals surface area contributed by atoms with Crippen LogP contribution in [0.5, 0.6) is 0 Å². The third-order valence-electron chi connectivity index (χ3n) is 2.06. The highest BCUT2D eigenvalue weighted by Gasteiger charge is 2.06. The van der Waals surface area contributed by atoms with Crippen molar-refractivity contribution in [2.45, 2.75) is 6.92 Å². The van der Waals surface area contributed by atoms with Gasteiger partial charge in [0.1, 0.15) is 0 Å². The molecule has 0 unspecified atom stereocenters. The fourth-order valence-corrected chi connectivity index (χ4v) is 2.01. The number of rotatable bonds is 4. The summed E-state index contributed by atoms with van der Waals surface area (Å²) in [6.07, 6.45) is 0. The van der Waals surface area contributed by atoms with Crippen molar-refractivity contribution in [1.29, 1.82) is 0 Å². The van der Waals surface area contributed by atoms with Gasteiger partial charge in [-0.1, -0.05) is 12.1 Å². The summed E-state index contributed by atoms with van der Waals surface area (Å²) >= 11 is 8.09. The number of nitrogens with one attached hydrogen (secondary N) is 2. The standard InChI is InChI=1S/C11H11ClIN5/c1-2-14-10-16-9(12)17-11(18-10)15-8-6-4-3-5-7(8)13/h3-6H,2H2,1H3,(H2,14,15,16,17,18). The SMILES string of the molecule is CCNc1nc(Cl)nc(Nc2ccccc2I)n1. The molecular weight excluding hydrogens is 365 g/mol. The van der Waals surface area contributed by atoms with Gasteiger partial charge in [-0.15, -0.1) is 0 Å².